The largest absolute Gasteiger partial charge is 0.450 e. The molecule has 2 heterocycles. The molecule has 0 aliphatic carbocycles. The molecule has 2 fully saturated rings. The van der Waals surface area contributed by atoms with E-state index in [4.69, 9.17) is 16.3 Å². The van der Waals surface area contributed by atoms with E-state index < -0.39 is 27.8 Å². The summed E-state index contributed by atoms with van der Waals surface area (Å²) in [5, 5.41) is 2.94. The van der Waals surface area contributed by atoms with Crippen LogP contribution in [-0.2, 0) is 19.6 Å². The summed E-state index contributed by atoms with van der Waals surface area (Å²) < 4.78 is 30.2. The van der Waals surface area contributed by atoms with Crippen molar-refractivity contribution in [1.29, 1.82) is 0 Å². The van der Waals surface area contributed by atoms with Crippen LogP contribution in [0.15, 0.2) is 18.2 Å². The molecule has 0 saturated carbocycles. The van der Waals surface area contributed by atoms with Crippen LogP contribution in [0.25, 0.3) is 0 Å². The van der Waals surface area contributed by atoms with Crippen LogP contribution in [0.4, 0.5) is 10.5 Å². The number of nitrogens with one attached hydrogen (secondary N) is 1. The Balaban J connectivity index is 1.65. The Morgan fingerprint density at radius 1 is 1.27 bits per heavy atom. The van der Waals surface area contributed by atoms with Crippen LogP contribution in [0.2, 0.25) is 5.02 Å². The Labute approximate surface area is 180 Å². The number of sulfonamides is 1. The van der Waals surface area contributed by atoms with Gasteiger partial charge < -0.3 is 15.0 Å². The van der Waals surface area contributed by atoms with Crippen LogP contribution >= 0.6 is 11.6 Å². The third kappa shape index (κ3) is 4.54. The van der Waals surface area contributed by atoms with E-state index in [1.54, 1.807) is 18.7 Å². The standard InChI is InChI=1S/C19H24ClN3O6S/c1-3-29-19(26)22-8-6-13(7-9-22)21-17(24)15-5-4-14(10-16(15)20)23-18(25)12(2)11-30(23,27)28/h4-5,10,12-13H,3,6-9,11H2,1-2H3,(H,21,24)/t12-/m0/s1. The molecular formula is C19H24ClN3O6S. The van der Waals surface area contributed by atoms with E-state index in [-0.39, 0.29) is 34.2 Å². The highest BCUT2D eigenvalue weighted by molar-refractivity contribution is 7.94. The number of piperidine rings is 1. The Morgan fingerprint density at radius 2 is 1.93 bits per heavy atom. The third-order valence-electron chi connectivity index (χ3n) is 5.15. The molecule has 164 valence electrons. The van der Waals surface area contributed by atoms with Crippen LogP contribution in [0.1, 0.15) is 37.0 Å². The van der Waals surface area contributed by atoms with Gasteiger partial charge in [-0.15, -0.1) is 0 Å². The smallest absolute Gasteiger partial charge is 0.409 e. The SMILES string of the molecule is CCOC(=O)N1CCC(NC(=O)c2ccc(N3C(=O)[C@@H](C)CS3(=O)=O)cc2Cl)CC1. The van der Waals surface area contributed by atoms with E-state index in [1.165, 1.54) is 18.2 Å². The van der Waals surface area contributed by atoms with Gasteiger partial charge in [-0.2, -0.15) is 0 Å². The quantitative estimate of drug-likeness (QED) is 0.739. The van der Waals surface area contributed by atoms with Crippen molar-refractivity contribution in [2.75, 3.05) is 29.8 Å². The van der Waals surface area contributed by atoms with Crippen molar-refractivity contribution in [3.8, 4) is 0 Å². The molecule has 1 N–H and O–H groups in total. The molecule has 2 saturated heterocycles. The molecule has 1 atom stereocenters. The fourth-order valence-corrected chi connectivity index (χ4v) is 5.66. The highest BCUT2D eigenvalue weighted by atomic mass is 35.5. The molecule has 0 bridgehead atoms. The number of anilines is 1. The number of hydrogen-bond donors (Lipinski definition) is 1. The summed E-state index contributed by atoms with van der Waals surface area (Å²) in [7, 11) is -3.75. The first-order valence-corrected chi connectivity index (χ1v) is 11.7. The molecular weight excluding hydrogens is 434 g/mol. The van der Waals surface area contributed by atoms with E-state index >= 15 is 0 Å². The second-order valence-electron chi connectivity index (χ2n) is 7.38. The maximum atomic E-state index is 12.6. The first-order chi connectivity index (χ1) is 14.1. The summed E-state index contributed by atoms with van der Waals surface area (Å²) in [4.78, 5) is 38.2. The number of hydrogen-bond acceptors (Lipinski definition) is 6. The predicted octanol–water partition coefficient (Wildman–Crippen LogP) is 2.00. The van der Waals surface area contributed by atoms with Gasteiger partial charge in [0.1, 0.15) is 0 Å². The van der Waals surface area contributed by atoms with Crippen LogP contribution in [0, 0.1) is 5.92 Å². The summed E-state index contributed by atoms with van der Waals surface area (Å²) in [5.41, 5.74) is 0.305. The fraction of sp³-hybridized carbons (Fsp3) is 0.526. The lowest BCUT2D eigenvalue weighted by molar-refractivity contribution is -0.119. The number of carbonyl (C=O) groups excluding carboxylic acids is 3. The fourth-order valence-electron chi connectivity index (χ4n) is 3.59. The Morgan fingerprint density at radius 3 is 2.47 bits per heavy atom. The zero-order valence-corrected chi connectivity index (χ0v) is 18.3. The number of likely N-dealkylation sites (tertiary alicyclic amines) is 1. The van der Waals surface area contributed by atoms with Crippen molar-refractivity contribution < 1.29 is 27.5 Å². The summed E-state index contributed by atoms with van der Waals surface area (Å²) in [6.07, 6.45) is 0.804. The molecule has 11 heteroatoms. The summed E-state index contributed by atoms with van der Waals surface area (Å²) in [6.45, 7) is 4.56. The van der Waals surface area contributed by atoms with Crippen LogP contribution in [0.3, 0.4) is 0 Å². The van der Waals surface area contributed by atoms with Crippen LogP contribution < -0.4 is 9.62 Å². The molecule has 3 amide bonds. The van der Waals surface area contributed by atoms with E-state index in [1.807, 2.05) is 0 Å². The van der Waals surface area contributed by atoms with Crippen molar-refractivity contribution in [1.82, 2.24) is 10.2 Å². The van der Waals surface area contributed by atoms with Gasteiger partial charge in [-0.05, 0) is 38.0 Å². The zero-order chi connectivity index (χ0) is 22.1. The van der Waals surface area contributed by atoms with E-state index in [2.05, 4.69) is 5.32 Å². The first-order valence-electron chi connectivity index (χ1n) is 9.73. The predicted molar refractivity (Wildman–Crippen MR) is 111 cm³/mol. The van der Waals surface area contributed by atoms with Gasteiger partial charge in [0.05, 0.1) is 34.6 Å². The molecule has 0 aromatic heterocycles. The number of benzene rings is 1. The van der Waals surface area contributed by atoms with Gasteiger partial charge in [0.25, 0.3) is 5.91 Å². The van der Waals surface area contributed by atoms with Gasteiger partial charge in [0.2, 0.25) is 15.9 Å². The van der Waals surface area contributed by atoms with Crippen LogP contribution in [-0.4, -0.2) is 62.7 Å². The average Bonchev–Trinajstić information content (AvgIpc) is 2.89. The van der Waals surface area contributed by atoms with Crippen LogP contribution in [0.5, 0.6) is 0 Å². The van der Waals surface area contributed by atoms with Gasteiger partial charge in [-0.25, -0.2) is 17.5 Å². The third-order valence-corrected chi connectivity index (χ3v) is 7.33. The van der Waals surface area contributed by atoms with Crippen molar-refractivity contribution in [3.63, 3.8) is 0 Å². The summed E-state index contributed by atoms with van der Waals surface area (Å²) in [6, 6.07) is 4.00. The molecule has 0 spiro atoms. The van der Waals surface area contributed by atoms with E-state index in [9.17, 15) is 22.8 Å². The molecule has 30 heavy (non-hydrogen) atoms. The lowest BCUT2D eigenvalue weighted by Crippen LogP contribution is -2.46. The maximum Gasteiger partial charge on any atom is 0.409 e. The Kier molecular flexibility index (Phi) is 6.56. The lowest BCUT2D eigenvalue weighted by Gasteiger charge is -2.31. The molecule has 3 rings (SSSR count). The maximum absolute atomic E-state index is 12.6. The second kappa shape index (κ2) is 8.81. The number of rotatable bonds is 4. The van der Waals surface area contributed by atoms with Gasteiger partial charge in [0.15, 0.2) is 0 Å². The van der Waals surface area contributed by atoms with Gasteiger partial charge in [-0.1, -0.05) is 18.5 Å². The van der Waals surface area contributed by atoms with Gasteiger partial charge >= 0.3 is 6.09 Å². The van der Waals surface area contributed by atoms with Crippen molar-refractivity contribution in [2.24, 2.45) is 5.92 Å². The minimum atomic E-state index is -3.75. The molecule has 0 radical (unpaired) electrons. The molecule has 1 aromatic carbocycles. The number of ether oxygens (including phenoxy) is 1. The minimum Gasteiger partial charge on any atom is -0.450 e. The van der Waals surface area contributed by atoms with Gasteiger partial charge in [-0.3, -0.25) is 9.59 Å². The lowest BCUT2D eigenvalue weighted by atomic mass is 10.0. The summed E-state index contributed by atoms with van der Waals surface area (Å²) in [5.74, 6) is -1.80. The highest BCUT2D eigenvalue weighted by Gasteiger charge is 2.42. The molecule has 1 aromatic rings. The topological polar surface area (TPSA) is 113 Å². The molecule has 2 aliphatic rings. The van der Waals surface area contributed by atoms with Gasteiger partial charge in [0, 0.05) is 19.1 Å². The Hall–Kier alpha value is -2.33. The number of nitrogens with zero attached hydrogens (tertiary/aromatic N) is 2. The van der Waals surface area contributed by atoms with Crippen molar-refractivity contribution in [3.05, 3.63) is 28.8 Å². The second-order valence-corrected chi connectivity index (χ2v) is 9.65. The molecule has 9 nitrogen and oxygen atoms in total. The molecule has 2 aliphatic heterocycles. The highest BCUT2D eigenvalue weighted by Crippen LogP contribution is 2.31. The monoisotopic (exact) mass is 457 g/mol. The zero-order valence-electron chi connectivity index (χ0n) is 16.8. The molecule has 0 unspecified atom stereocenters. The summed E-state index contributed by atoms with van der Waals surface area (Å²) >= 11 is 6.23. The number of amides is 3. The van der Waals surface area contributed by atoms with Crippen molar-refractivity contribution in [2.45, 2.75) is 32.7 Å². The minimum absolute atomic E-state index is 0.0523. The normalized spacial score (nSPS) is 21.6. The van der Waals surface area contributed by atoms with E-state index in [0.717, 1.165) is 4.31 Å². The first kappa shape index (κ1) is 22.4. The Bertz CT molecular complexity index is 959. The number of carbonyl (C=O) groups is 3. The van der Waals surface area contributed by atoms with E-state index in [0.29, 0.717) is 32.5 Å². The van der Waals surface area contributed by atoms with Crippen molar-refractivity contribution >= 4 is 45.2 Å². The number of halogens is 1. The average molecular weight is 458 g/mol.